The quantitative estimate of drug-likeness (QED) is 0.535. The van der Waals surface area contributed by atoms with E-state index in [1.807, 2.05) is 18.2 Å². The standard InChI is InChI=1S/C20H18N4O3S2/c1-24(2)19(25)17-10-15-16(28-17)8-7-12-11-21-20(23-18(12)15)22-13-5-4-6-14(9-13)29(3,26)27/h4-11H,1-3H3,(H,21,22,23). The number of amides is 1. The molecule has 0 spiro atoms. The number of benzene rings is 2. The van der Waals surface area contributed by atoms with Crippen molar-refractivity contribution in [1.29, 1.82) is 0 Å². The molecule has 0 bridgehead atoms. The smallest absolute Gasteiger partial charge is 0.263 e. The number of aromatic nitrogens is 2. The van der Waals surface area contributed by atoms with Crippen molar-refractivity contribution in [3.05, 3.63) is 53.5 Å². The van der Waals surface area contributed by atoms with Crippen molar-refractivity contribution in [1.82, 2.24) is 14.9 Å². The number of sulfone groups is 1. The van der Waals surface area contributed by atoms with Crippen LogP contribution in [-0.4, -0.2) is 49.5 Å². The van der Waals surface area contributed by atoms with Gasteiger partial charge in [-0.05, 0) is 36.4 Å². The monoisotopic (exact) mass is 426 g/mol. The number of carbonyl (C=O) groups excluding carboxylic acids is 1. The Bertz CT molecular complexity index is 1360. The molecule has 0 saturated heterocycles. The average molecular weight is 427 g/mol. The summed E-state index contributed by atoms with van der Waals surface area (Å²) in [6.45, 7) is 0. The molecule has 148 valence electrons. The van der Waals surface area contributed by atoms with E-state index in [4.69, 9.17) is 0 Å². The molecule has 0 unspecified atom stereocenters. The van der Waals surface area contributed by atoms with Crippen LogP contribution >= 0.6 is 11.3 Å². The highest BCUT2D eigenvalue weighted by Gasteiger charge is 2.15. The van der Waals surface area contributed by atoms with Crippen molar-refractivity contribution < 1.29 is 13.2 Å². The van der Waals surface area contributed by atoms with E-state index in [1.54, 1.807) is 49.5 Å². The molecule has 1 amide bonds. The fourth-order valence-electron chi connectivity index (χ4n) is 2.93. The van der Waals surface area contributed by atoms with E-state index in [1.165, 1.54) is 17.6 Å². The van der Waals surface area contributed by atoms with Gasteiger partial charge in [0.05, 0.1) is 15.3 Å². The summed E-state index contributed by atoms with van der Waals surface area (Å²) in [6, 6.07) is 12.2. The lowest BCUT2D eigenvalue weighted by molar-refractivity contribution is 0.0832. The number of fused-ring (bicyclic) bond motifs is 3. The lowest BCUT2D eigenvalue weighted by Gasteiger charge is -2.08. The molecule has 2 aromatic heterocycles. The second-order valence-corrected chi connectivity index (χ2v) is 9.94. The number of hydrogen-bond donors (Lipinski definition) is 1. The maximum absolute atomic E-state index is 12.3. The Balaban J connectivity index is 1.77. The predicted octanol–water partition coefficient (Wildman–Crippen LogP) is 3.69. The van der Waals surface area contributed by atoms with Gasteiger partial charge in [0.1, 0.15) is 0 Å². The number of rotatable bonds is 4. The van der Waals surface area contributed by atoms with Crippen LogP contribution in [0.15, 0.2) is 53.6 Å². The zero-order valence-electron chi connectivity index (χ0n) is 16.0. The number of nitrogens with one attached hydrogen (secondary N) is 1. The topological polar surface area (TPSA) is 92.3 Å². The van der Waals surface area contributed by atoms with Gasteiger partial charge in [0.2, 0.25) is 5.95 Å². The Hall–Kier alpha value is -3.04. The Labute approximate surface area is 171 Å². The molecule has 4 aromatic rings. The summed E-state index contributed by atoms with van der Waals surface area (Å²) in [5.74, 6) is 0.298. The molecular formula is C20H18N4O3S2. The van der Waals surface area contributed by atoms with Crippen molar-refractivity contribution in [2.24, 2.45) is 0 Å². The molecule has 0 aliphatic heterocycles. The van der Waals surface area contributed by atoms with Gasteiger partial charge in [-0.1, -0.05) is 6.07 Å². The van der Waals surface area contributed by atoms with Gasteiger partial charge in [-0.2, -0.15) is 0 Å². The Morgan fingerprint density at radius 2 is 1.93 bits per heavy atom. The van der Waals surface area contributed by atoms with E-state index in [0.29, 0.717) is 16.5 Å². The van der Waals surface area contributed by atoms with Crippen LogP contribution in [0.1, 0.15) is 9.67 Å². The Morgan fingerprint density at radius 3 is 2.66 bits per heavy atom. The third kappa shape index (κ3) is 3.79. The van der Waals surface area contributed by atoms with Crippen LogP contribution in [0.3, 0.4) is 0 Å². The summed E-state index contributed by atoms with van der Waals surface area (Å²) in [4.78, 5) is 23.7. The Morgan fingerprint density at radius 1 is 1.14 bits per heavy atom. The van der Waals surface area contributed by atoms with Crippen molar-refractivity contribution in [2.45, 2.75) is 4.90 Å². The Kier molecular flexibility index (Phi) is 4.71. The highest BCUT2D eigenvalue weighted by atomic mass is 32.2. The van der Waals surface area contributed by atoms with Gasteiger partial charge in [-0.15, -0.1) is 11.3 Å². The molecule has 1 N–H and O–H groups in total. The molecule has 29 heavy (non-hydrogen) atoms. The summed E-state index contributed by atoms with van der Waals surface area (Å²) < 4.78 is 24.5. The number of nitrogens with zero attached hydrogens (tertiary/aromatic N) is 3. The van der Waals surface area contributed by atoms with Crippen LogP contribution in [0.25, 0.3) is 21.0 Å². The van der Waals surface area contributed by atoms with E-state index in [0.717, 1.165) is 21.0 Å². The molecule has 9 heteroatoms. The third-order valence-corrected chi connectivity index (χ3v) is 6.58. The molecule has 2 heterocycles. The molecule has 0 atom stereocenters. The molecule has 2 aromatic carbocycles. The number of anilines is 2. The van der Waals surface area contributed by atoms with Gasteiger partial charge in [0.15, 0.2) is 9.84 Å². The van der Waals surface area contributed by atoms with Crippen molar-refractivity contribution in [2.75, 3.05) is 25.7 Å². The van der Waals surface area contributed by atoms with Gasteiger partial charge >= 0.3 is 0 Å². The minimum absolute atomic E-state index is 0.0515. The van der Waals surface area contributed by atoms with Crippen LogP contribution in [-0.2, 0) is 9.84 Å². The predicted molar refractivity (Wildman–Crippen MR) is 116 cm³/mol. The van der Waals surface area contributed by atoms with Crippen LogP contribution in [0.5, 0.6) is 0 Å². The van der Waals surface area contributed by atoms with E-state index in [2.05, 4.69) is 15.3 Å². The molecule has 7 nitrogen and oxygen atoms in total. The zero-order chi connectivity index (χ0) is 20.8. The lowest BCUT2D eigenvalue weighted by Crippen LogP contribution is -2.20. The van der Waals surface area contributed by atoms with Gasteiger partial charge in [-0.25, -0.2) is 18.4 Å². The summed E-state index contributed by atoms with van der Waals surface area (Å²) in [5.41, 5.74) is 1.31. The minimum atomic E-state index is -3.31. The summed E-state index contributed by atoms with van der Waals surface area (Å²) in [7, 11) is 0.135. The molecule has 0 saturated carbocycles. The van der Waals surface area contributed by atoms with Crippen molar-refractivity contribution in [3.63, 3.8) is 0 Å². The first-order valence-electron chi connectivity index (χ1n) is 8.70. The first-order chi connectivity index (χ1) is 13.7. The molecule has 4 rings (SSSR count). The van der Waals surface area contributed by atoms with E-state index in [9.17, 15) is 13.2 Å². The fourth-order valence-corrected chi connectivity index (χ4v) is 4.68. The first kappa shape index (κ1) is 19.3. The minimum Gasteiger partial charge on any atom is -0.344 e. The maximum Gasteiger partial charge on any atom is 0.263 e. The van der Waals surface area contributed by atoms with E-state index in [-0.39, 0.29) is 10.8 Å². The van der Waals surface area contributed by atoms with Crippen LogP contribution in [0.2, 0.25) is 0 Å². The van der Waals surface area contributed by atoms with Crippen molar-refractivity contribution in [3.8, 4) is 0 Å². The highest BCUT2D eigenvalue weighted by molar-refractivity contribution is 7.90. The molecule has 0 aliphatic rings. The largest absolute Gasteiger partial charge is 0.344 e. The maximum atomic E-state index is 12.3. The van der Waals surface area contributed by atoms with Gasteiger partial charge in [0, 0.05) is 47.7 Å². The van der Waals surface area contributed by atoms with Gasteiger partial charge in [0.25, 0.3) is 5.91 Å². The number of carbonyl (C=O) groups is 1. The van der Waals surface area contributed by atoms with E-state index >= 15 is 0 Å². The third-order valence-electron chi connectivity index (χ3n) is 4.38. The SMILES string of the molecule is CN(C)C(=O)c1cc2c(ccc3cnc(Nc4cccc(S(C)(=O)=O)c4)nc32)s1. The zero-order valence-corrected chi connectivity index (χ0v) is 17.6. The molecule has 0 radical (unpaired) electrons. The average Bonchev–Trinajstić information content (AvgIpc) is 3.11. The first-order valence-corrected chi connectivity index (χ1v) is 11.4. The number of hydrogen-bond acceptors (Lipinski definition) is 7. The van der Waals surface area contributed by atoms with Crippen molar-refractivity contribution >= 4 is 59.7 Å². The second kappa shape index (κ2) is 7.09. The van der Waals surface area contributed by atoms with Gasteiger partial charge < -0.3 is 10.2 Å². The summed E-state index contributed by atoms with van der Waals surface area (Å²) in [5, 5.41) is 4.80. The highest BCUT2D eigenvalue weighted by Crippen LogP contribution is 2.32. The second-order valence-electron chi connectivity index (χ2n) is 6.84. The lowest BCUT2D eigenvalue weighted by atomic mass is 10.2. The van der Waals surface area contributed by atoms with E-state index < -0.39 is 9.84 Å². The molecular weight excluding hydrogens is 408 g/mol. The van der Waals surface area contributed by atoms with Crippen LogP contribution in [0, 0.1) is 0 Å². The van der Waals surface area contributed by atoms with Crippen LogP contribution in [0.4, 0.5) is 11.6 Å². The molecule has 0 fully saturated rings. The van der Waals surface area contributed by atoms with Gasteiger partial charge in [-0.3, -0.25) is 4.79 Å². The normalized spacial score (nSPS) is 11.7. The molecule has 0 aliphatic carbocycles. The van der Waals surface area contributed by atoms with Crippen LogP contribution < -0.4 is 5.32 Å². The number of thiophene rings is 1. The summed E-state index contributed by atoms with van der Waals surface area (Å²) in [6.07, 6.45) is 2.87. The fraction of sp³-hybridized carbons (Fsp3) is 0.150. The summed E-state index contributed by atoms with van der Waals surface area (Å²) >= 11 is 1.42.